The van der Waals surface area contributed by atoms with E-state index >= 15 is 0 Å². The summed E-state index contributed by atoms with van der Waals surface area (Å²) in [6, 6.07) is 84.6. The maximum Gasteiger partial charge on any atom is 0.0568 e. The van der Waals surface area contributed by atoms with Crippen molar-refractivity contribution in [3.8, 4) is 22.5 Å². The van der Waals surface area contributed by atoms with E-state index in [0.717, 1.165) is 52.4 Å². The molecule has 0 atom stereocenters. The summed E-state index contributed by atoms with van der Waals surface area (Å²) in [7, 11) is 0. The predicted molar refractivity (Wildman–Crippen MR) is 270 cm³/mol. The van der Waals surface area contributed by atoms with Crippen LogP contribution >= 0.6 is 0 Å². The van der Waals surface area contributed by atoms with Crippen LogP contribution in [-0.2, 0) is 6.42 Å². The Morgan fingerprint density at radius 1 is 0.344 bits per heavy atom. The smallest absolute Gasteiger partial charge is 0.0568 e. The first-order valence-electron chi connectivity index (χ1n) is 22.2. The van der Waals surface area contributed by atoms with Gasteiger partial charge in [0.1, 0.15) is 0 Å². The minimum Gasteiger partial charge on any atom is -0.340 e. The Labute approximate surface area is 371 Å². The molecule has 0 amide bonds. The van der Waals surface area contributed by atoms with E-state index in [1.165, 1.54) is 71.4 Å². The second kappa shape index (κ2) is 14.6. The van der Waals surface area contributed by atoms with E-state index in [2.05, 4.69) is 249 Å². The van der Waals surface area contributed by atoms with Gasteiger partial charge in [0, 0.05) is 67.8 Å². The van der Waals surface area contributed by atoms with Crippen LogP contribution in [0.3, 0.4) is 0 Å². The van der Waals surface area contributed by atoms with E-state index in [-0.39, 0.29) is 0 Å². The van der Waals surface area contributed by atoms with Crippen molar-refractivity contribution in [3.63, 3.8) is 0 Å². The number of aromatic nitrogens is 2. The van der Waals surface area contributed by atoms with Crippen LogP contribution in [-0.4, -0.2) is 15.7 Å². The van der Waals surface area contributed by atoms with E-state index in [1.54, 1.807) is 0 Å². The Kier molecular flexibility index (Phi) is 8.31. The molecule has 1 aliphatic heterocycles. The van der Waals surface area contributed by atoms with Gasteiger partial charge in [-0.05, 0) is 113 Å². The normalized spacial score (nSPS) is 12.5. The summed E-state index contributed by atoms with van der Waals surface area (Å²) in [5, 5.41) is 7.35. The maximum absolute atomic E-state index is 2.52. The van der Waals surface area contributed by atoms with Gasteiger partial charge in [0.2, 0.25) is 0 Å². The molecule has 13 rings (SSSR count). The van der Waals surface area contributed by atoms with Crippen molar-refractivity contribution in [3.05, 3.63) is 236 Å². The molecule has 10 aromatic carbocycles. The summed E-state index contributed by atoms with van der Waals surface area (Å²) in [4.78, 5) is 5.00. The van der Waals surface area contributed by atoms with Crippen LogP contribution < -0.4 is 9.80 Å². The van der Waals surface area contributed by atoms with E-state index in [4.69, 9.17) is 0 Å². The van der Waals surface area contributed by atoms with Gasteiger partial charge in [0.25, 0.3) is 0 Å². The van der Waals surface area contributed by atoms with Gasteiger partial charge in [0.15, 0.2) is 0 Å². The summed E-state index contributed by atoms with van der Waals surface area (Å²) >= 11 is 0. The molecule has 4 heteroatoms. The van der Waals surface area contributed by atoms with E-state index in [0.29, 0.717) is 0 Å². The molecule has 0 unspecified atom stereocenters. The van der Waals surface area contributed by atoms with Crippen LogP contribution in [0.2, 0.25) is 0 Å². The molecule has 0 fully saturated rings. The molecule has 0 radical (unpaired) electrons. The third kappa shape index (κ3) is 5.69. The van der Waals surface area contributed by atoms with Crippen molar-refractivity contribution < 1.29 is 0 Å². The lowest BCUT2D eigenvalue weighted by molar-refractivity contribution is 0.999. The van der Waals surface area contributed by atoms with Crippen molar-refractivity contribution in [2.75, 3.05) is 16.3 Å². The number of anilines is 5. The van der Waals surface area contributed by atoms with Gasteiger partial charge in [-0.25, -0.2) is 0 Å². The van der Waals surface area contributed by atoms with Gasteiger partial charge in [-0.1, -0.05) is 146 Å². The van der Waals surface area contributed by atoms with Crippen LogP contribution in [0.1, 0.15) is 5.56 Å². The van der Waals surface area contributed by atoms with Crippen LogP contribution in [0.4, 0.5) is 28.4 Å². The molecule has 0 N–H and O–H groups in total. The summed E-state index contributed by atoms with van der Waals surface area (Å²) in [5.74, 6) is 0. The first kappa shape index (κ1) is 36.3. The molecular weight excluding hydrogens is 777 g/mol. The lowest BCUT2D eigenvalue weighted by Gasteiger charge is -2.28. The highest BCUT2D eigenvalue weighted by molar-refractivity contribution is 6.18. The number of para-hydroxylation sites is 6. The fourth-order valence-electron chi connectivity index (χ4n) is 10.5. The Balaban J connectivity index is 1.15. The zero-order valence-electron chi connectivity index (χ0n) is 35.1. The van der Waals surface area contributed by atoms with Crippen LogP contribution in [0.5, 0.6) is 0 Å². The first-order valence-corrected chi connectivity index (χ1v) is 22.2. The van der Waals surface area contributed by atoms with Crippen LogP contribution in [0, 0.1) is 0 Å². The zero-order valence-corrected chi connectivity index (χ0v) is 35.1. The van der Waals surface area contributed by atoms with Crippen molar-refractivity contribution >= 4 is 82.8 Å². The van der Waals surface area contributed by atoms with Crippen LogP contribution in [0.15, 0.2) is 231 Å². The molecule has 0 spiro atoms. The molecule has 12 aromatic rings. The third-order valence-electron chi connectivity index (χ3n) is 13.3. The predicted octanol–water partition coefficient (Wildman–Crippen LogP) is 15.9. The minimum atomic E-state index is 0.934. The quantitative estimate of drug-likeness (QED) is 0.159. The molecule has 0 saturated carbocycles. The average Bonchev–Trinajstić information content (AvgIpc) is 4.05. The van der Waals surface area contributed by atoms with E-state index in [9.17, 15) is 0 Å². The molecule has 302 valence electrons. The molecule has 2 aromatic heterocycles. The molecule has 0 bridgehead atoms. The Hall–Kier alpha value is -8.34. The largest absolute Gasteiger partial charge is 0.340 e. The minimum absolute atomic E-state index is 0.934. The maximum atomic E-state index is 2.52. The Morgan fingerprint density at radius 3 is 1.66 bits per heavy atom. The number of nitrogens with zero attached hydrogens (tertiary/aromatic N) is 4. The Bertz CT molecular complexity index is 3730. The summed E-state index contributed by atoms with van der Waals surface area (Å²) in [6.07, 6.45) is 0.991. The Morgan fingerprint density at radius 2 is 0.906 bits per heavy atom. The third-order valence-corrected chi connectivity index (χ3v) is 13.3. The van der Waals surface area contributed by atoms with Crippen molar-refractivity contribution in [1.29, 1.82) is 0 Å². The molecule has 0 saturated heterocycles. The zero-order chi connectivity index (χ0) is 42.1. The number of hydrogen-bond donors (Lipinski definition) is 0. The topological polar surface area (TPSA) is 16.3 Å². The molecule has 1 aliphatic rings. The lowest BCUT2D eigenvalue weighted by Crippen LogP contribution is -2.14. The second-order valence-corrected chi connectivity index (χ2v) is 16.9. The van der Waals surface area contributed by atoms with Crippen molar-refractivity contribution in [2.24, 2.45) is 0 Å². The number of fused-ring (bicyclic) bond motifs is 8. The van der Waals surface area contributed by atoms with Gasteiger partial charge in [0.05, 0.1) is 27.8 Å². The summed E-state index contributed by atoms with van der Waals surface area (Å²) in [6.45, 7) is 0.934. The molecule has 3 heterocycles. The molecule has 0 aliphatic carbocycles. The standard InChI is InChI=1S/C60H42N4/c1-4-20-44(21-5-1)61-36-35-42-19-16-28-52(60(42)61)54-38-49(40-58-59(54)53-27-13-15-30-56(53)64(58)46-24-8-3-9-25-46)62(47-32-31-41-17-10-11-18-43(41)37-47)48-33-34-51-50-26-12-14-29-55(50)63(57(51)39-48)45-22-6-2-7-23-45/h1-34,37-40H,35-36H2. The van der Waals surface area contributed by atoms with Gasteiger partial charge in [-0.15, -0.1) is 0 Å². The second-order valence-electron chi connectivity index (χ2n) is 16.9. The van der Waals surface area contributed by atoms with Gasteiger partial charge in [-0.2, -0.15) is 0 Å². The highest BCUT2D eigenvalue weighted by Crippen LogP contribution is 2.50. The fraction of sp³-hybridized carbons (Fsp3) is 0.0333. The first-order chi connectivity index (χ1) is 31.8. The lowest BCUT2D eigenvalue weighted by atomic mass is 9.94. The number of benzene rings is 10. The highest BCUT2D eigenvalue weighted by atomic mass is 15.2. The van der Waals surface area contributed by atoms with Crippen molar-refractivity contribution in [1.82, 2.24) is 9.13 Å². The average molecular weight is 819 g/mol. The summed E-state index contributed by atoms with van der Waals surface area (Å²) < 4.78 is 4.88. The van der Waals surface area contributed by atoms with Gasteiger partial charge < -0.3 is 18.9 Å². The monoisotopic (exact) mass is 818 g/mol. The summed E-state index contributed by atoms with van der Waals surface area (Å²) in [5.41, 5.74) is 16.5. The SMILES string of the molecule is c1ccc(N2CCc3cccc(-c4cc(N(c5ccc6ccccc6c5)c5ccc6c7ccccc7n(-c7ccccc7)c6c5)cc5c4c4ccccc4n5-c4ccccc4)c32)cc1. The van der Waals surface area contributed by atoms with Gasteiger partial charge >= 0.3 is 0 Å². The van der Waals surface area contributed by atoms with E-state index in [1.807, 2.05) is 0 Å². The molecule has 64 heavy (non-hydrogen) atoms. The number of hydrogen-bond acceptors (Lipinski definition) is 2. The molecular formula is C60H42N4. The highest BCUT2D eigenvalue weighted by Gasteiger charge is 2.28. The van der Waals surface area contributed by atoms with E-state index < -0.39 is 0 Å². The fourth-order valence-corrected chi connectivity index (χ4v) is 10.5. The number of rotatable bonds is 7. The van der Waals surface area contributed by atoms with Gasteiger partial charge in [-0.3, -0.25) is 0 Å². The van der Waals surface area contributed by atoms with Crippen LogP contribution in [0.25, 0.3) is 76.9 Å². The van der Waals surface area contributed by atoms with Crippen molar-refractivity contribution in [2.45, 2.75) is 6.42 Å². The molecule has 4 nitrogen and oxygen atoms in total.